The van der Waals surface area contributed by atoms with Crippen LogP contribution in [0.3, 0.4) is 0 Å². The molecule has 34 heavy (non-hydrogen) atoms. The van der Waals surface area contributed by atoms with Gasteiger partial charge in [-0.1, -0.05) is 34.6 Å². The van der Waals surface area contributed by atoms with Gasteiger partial charge in [-0.3, -0.25) is 4.98 Å². The molecule has 0 atom stereocenters. The normalized spacial score (nSPS) is 12.8. The summed E-state index contributed by atoms with van der Waals surface area (Å²) in [6.07, 6.45) is 3.11. The first kappa shape index (κ1) is 22.2. The Hall–Kier alpha value is -2.27. The number of nitrogens with zero attached hydrogens (tertiary/aromatic N) is 1. The molecule has 6 aromatic rings. The van der Waals surface area contributed by atoms with Gasteiger partial charge in [0.05, 0.1) is 5.69 Å². The Morgan fingerprint density at radius 3 is 2.35 bits per heavy atom. The lowest BCUT2D eigenvalue weighted by molar-refractivity contribution is 0.597. The van der Waals surface area contributed by atoms with Gasteiger partial charge in [-0.2, -0.15) is 0 Å². The third kappa shape index (κ3) is 3.42. The third-order valence-electron chi connectivity index (χ3n) is 6.75. The highest BCUT2D eigenvalue weighted by atomic mass is 32.1. The topological polar surface area (TPSA) is 12.9 Å². The average molecular weight is 500 g/mol. The zero-order valence-electron chi connectivity index (χ0n) is 20.6. The fourth-order valence-corrected chi connectivity index (χ4v) is 8.54. The van der Waals surface area contributed by atoms with Crippen molar-refractivity contribution in [3.63, 3.8) is 0 Å². The Labute approximate surface area is 213 Å². The zero-order chi connectivity index (χ0) is 23.8. The van der Waals surface area contributed by atoms with E-state index in [2.05, 4.69) is 83.3 Å². The molecule has 1 nitrogen and oxygen atoms in total. The van der Waals surface area contributed by atoms with Crippen molar-refractivity contribution in [1.29, 1.82) is 0 Å². The summed E-state index contributed by atoms with van der Waals surface area (Å²) in [5.41, 5.74) is 5.36. The number of hydrogen-bond acceptors (Lipinski definition) is 4. The molecule has 4 heteroatoms. The van der Waals surface area contributed by atoms with Crippen LogP contribution in [0.2, 0.25) is 0 Å². The predicted molar refractivity (Wildman–Crippen MR) is 155 cm³/mol. The maximum absolute atomic E-state index is 5.03. The maximum Gasteiger partial charge on any atom is 0.0795 e. The summed E-state index contributed by atoms with van der Waals surface area (Å²) in [5.74, 6) is 0.629. The van der Waals surface area contributed by atoms with Crippen LogP contribution in [-0.4, -0.2) is 4.98 Å². The highest BCUT2D eigenvalue weighted by Gasteiger charge is 2.23. The Kier molecular flexibility index (Phi) is 5.14. The van der Waals surface area contributed by atoms with Crippen LogP contribution >= 0.6 is 34.0 Å². The van der Waals surface area contributed by atoms with E-state index in [1.807, 2.05) is 40.2 Å². The van der Waals surface area contributed by atoms with Crippen molar-refractivity contribution in [1.82, 2.24) is 4.98 Å². The molecule has 6 rings (SSSR count). The van der Waals surface area contributed by atoms with Gasteiger partial charge in [0.15, 0.2) is 0 Å². The molecule has 2 aromatic carbocycles. The number of aromatic nitrogens is 1. The van der Waals surface area contributed by atoms with Crippen molar-refractivity contribution in [2.45, 2.75) is 53.4 Å². The molecule has 0 spiro atoms. The van der Waals surface area contributed by atoms with E-state index in [0.29, 0.717) is 5.92 Å². The average Bonchev–Trinajstić information content (AvgIpc) is 3.47. The molecule has 0 aliphatic carbocycles. The summed E-state index contributed by atoms with van der Waals surface area (Å²) in [6, 6.07) is 13.9. The largest absolute Gasteiger partial charge is 0.256 e. The van der Waals surface area contributed by atoms with Crippen LogP contribution in [0.5, 0.6) is 0 Å². The summed E-state index contributed by atoms with van der Waals surface area (Å²) in [6.45, 7) is 13.9. The van der Waals surface area contributed by atoms with E-state index in [4.69, 9.17) is 4.98 Å². The molecule has 0 aliphatic heterocycles. The van der Waals surface area contributed by atoms with Crippen LogP contribution in [0.4, 0.5) is 0 Å². The number of pyridine rings is 1. The lowest BCUT2D eigenvalue weighted by atomic mass is 9.84. The Bertz CT molecular complexity index is 1700. The van der Waals surface area contributed by atoms with Crippen molar-refractivity contribution in [3.8, 4) is 11.3 Å². The minimum atomic E-state index is 0.0753. The van der Waals surface area contributed by atoms with Crippen LogP contribution in [0.25, 0.3) is 51.6 Å². The predicted octanol–water partition coefficient (Wildman–Crippen LogP) is 10.4. The number of benzene rings is 2. The van der Waals surface area contributed by atoms with Gasteiger partial charge in [0.25, 0.3) is 0 Å². The van der Waals surface area contributed by atoms with Crippen LogP contribution in [0.15, 0.2) is 48.0 Å². The van der Waals surface area contributed by atoms with Gasteiger partial charge in [-0.05, 0) is 83.0 Å². The standard InChI is InChI=1S/C30H29NS3/c1-16(2)13-20-17(3)33-22-7-8-23-26(25(20)22)27-24(34-23)9-11-31-28(27)19-14-18-10-12-32-29(18)21(15-19)30(4,5)6/h7-12,14-16H,13H2,1-6H3. The van der Waals surface area contributed by atoms with E-state index < -0.39 is 0 Å². The van der Waals surface area contributed by atoms with Crippen LogP contribution < -0.4 is 0 Å². The first-order chi connectivity index (χ1) is 16.2. The molecule has 0 saturated carbocycles. The minimum absolute atomic E-state index is 0.0753. The fraction of sp³-hybridized carbons (Fsp3) is 0.300. The summed E-state index contributed by atoms with van der Waals surface area (Å²) in [4.78, 5) is 6.49. The molecule has 0 fully saturated rings. The molecule has 0 bridgehead atoms. The first-order valence-electron chi connectivity index (χ1n) is 12.0. The SMILES string of the molecule is Cc1sc2ccc3sc4ccnc(-c5cc(C(C)(C)C)c6sccc6c5)c4c3c2c1CC(C)C. The number of hydrogen-bond donors (Lipinski definition) is 0. The van der Waals surface area contributed by atoms with Gasteiger partial charge < -0.3 is 0 Å². The molecular weight excluding hydrogens is 471 g/mol. The molecule has 0 unspecified atom stereocenters. The molecule has 172 valence electrons. The highest BCUT2D eigenvalue weighted by Crippen LogP contribution is 2.47. The lowest BCUT2D eigenvalue weighted by Gasteiger charge is -2.21. The molecule has 0 saturated heterocycles. The smallest absolute Gasteiger partial charge is 0.0795 e. The monoisotopic (exact) mass is 499 g/mol. The van der Waals surface area contributed by atoms with Crippen molar-refractivity contribution in [2.75, 3.05) is 0 Å². The molecule has 0 aliphatic rings. The Morgan fingerprint density at radius 2 is 1.62 bits per heavy atom. The second kappa shape index (κ2) is 7.87. The van der Waals surface area contributed by atoms with Gasteiger partial charge in [-0.15, -0.1) is 34.0 Å². The van der Waals surface area contributed by atoms with E-state index in [1.54, 1.807) is 0 Å². The molecule has 0 N–H and O–H groups in total. The van der Waals surface area contributed by atoms with E-state index in [9.17, 15) is 0 Å². The zero-order valence-corrected chi connectivity index (χ0v) is 23.0. The summed E-state index contributed by atoms with van der Waals surface area (Å²) in [5, 5.41) is 7.73. The maximum atomic E-state index is 5.03. The van der Waals surface area contributed by atoms with Crippen molar-refractivity contribution >= 4 is 74.4 Å². The summed E-state index contributed by atoms with van der Waals surface area (Å²) >= 11 is 5.70. The van der Waals surface area contributed by atoms with Crippen LogP contribution in [0, 0.1) is 12.8 Å². The number of fused-ring (bicyclic) bond motifs is 6. The molecule has 0 amide bonds. The second-order valence-corrected chi connectivity index (χ2v) is 14.1. The minimum Gasteiger partial charge on any atom is -0.256 e. The Balaban J connectivity index is 1.75. The molecule has 4 heterocycles. The number of rotatable bonds is 3. The van der Waals surface area contributed by atoms with E-state index >= 15 is 0 Å². The highest BCUT2D eigenvalue weighted by molar-refractivity contribution is 7.26. The lowest BCUT2D eigenvalue weighted by Crippen LogP contribution is -2.11. The molecular formula is C30H29NS3. The quantitative estimate of drug-likeness (QED) is 0.236. The second-order valence-electron chi connectivity index (χ2n) is 10.8. The third-order valence-corrected chi connectivity index (χ3v) is 9.94. The van der Waals surface area contributed by atoms with Crippen LogP contribution in [0.1, 0.15) is 50.6 Å². The van der Waals surface area contributed by atoms with Gasteiger partial charge in [0.1, 0.15) is 0 Å². The molecule has 4 aromatic heterocycles. The van der Waals surface area contributed by atoms with Crippen molar-refractivity contribution < 1.29 is 0 Å². The number of thiophene rings is 3. The van der Waals surface area contributed by atoms with E-state index in [1.165, 1.54) is 61.9 Å². The number of aryl methyl sites for hydroxylation is 1. The Morgan fingerprint density at radius 1 is 0.882 bits per heavy atom. The summed E-state index contributed by atoms with van der Waals surface area (Å²) in [7, 11) is 0. The van der Waals surface area contributed by atoms with Gasteiger partial charge >= 0.3 is 0 Å². The van der Waals surface area contributed by atoms with Gasteiger partial charge in [-0.25, -0.2) is 0 Å². The van der Waals surface area contributed by atoms with Crippen molar-refractivity contribution in [3.05, 3.63) is 64.0 Å². The van der Waals surface area contributed by atoms with Crippen LogP contribution in [-0.2, 0) is 11.8 Å². The van der Waals surface area contributed by atoms with E-state index in [-0.39, 0.29) is 5.41 Å². The first-order valence-corrected chi connectivity index (χ1v) is 14.5. The molecule has 0 radical (unpaired) electrons. The van der Waals surface area contributed by atoms with Gasteiger partial charge in [0.2, 0.25) is 0 Å². The van der Waals surface area contributed by atoms with Crippen molar-refractivity contribution in [2.24, 2.45) is 5.92 Å². The van der Waals surface area contributed by atoms with E-state index in [0.717, 1.165) is 12.1 Å². The fourth-order valence-electron chi connectivity index (χ4n) is 5.22. The van der Waals surface area contributed by atoms with Gasteiger partial charge in [0, 0.05) is 51.6 Å². The summed E-state index contributed by atoms with van der Waals surface area (Å²) < 4.78 is 5.49.